The molecule has 17 heavy (non-hydrogen) atoms. The lowest BCUT2D eigenvalue weighted by Crippen LogP contribution is -2.16. The van der Waals surface area contributed by atoms with Gasteiger partial charge in [0.05, 0.1) is 0 Å². The van der Waals surface area contributed by atoms with E-state index in [4.69, 9.17) is 0 Å². The normalized spacial score (nSPS) is 23.6. The predicted molar refractivity (Wildman–Crippen MR) is 74.2 cm³/mol. The molecule has 1 N–H and O–H groups in total. The summed E-state index contributed by atoms with van der Waals surface area (Å²) in [6.45, 7) is 0. The van der Waals surface area contributed by atoms with E-state index < -0.39 is 0 Å². The van der Waals surface area contributed by atoms with Gasteiger partial charge in [0.25, 0.3) is 0 Å². The summed E-state index contributed by atoms with van der Waals surface area (Å²) in [7, 11) is 0. The number of rotatable bonds is 1. The van der Waals surface area contributed by atoms with Crippen LogP contribution in [0.1, 0.15) is 51.4 Å². The highest BCUT2D eigenvalue weighted by Gasteiger charge is 2.14. The van der Waals surface area contributed by atoms with E-state index >= 15 is 0 Å². The molecule has 1 nitrogen and oxygen atoms in total. The Morgan fingerprint density at radius 3 is 2.65 bits per heavy atom. The molecule has 1 heteroatoms. The number of hydrogen-bond donors (Lipinski definition) is 1. The predicted octanol–water partition coefficient (Wildman–Crippen LogP) is 4.50. The van der Waals surface area contributed by atoms with E-state index in [1.54, 1.807) is 0 Å². The fourth-order valence-electron chi connectivity index (χ4n) is 2.64. The van der Waals surface area contributed by atoms with Crippen LogP contribution in [-0.4, -0.2) is 0 Å². The lowest BCUT2D eigenvalue weighted by Gasteiger charge is -2.21. The van der Waals surface area contributed by atoms with Gasteiger partial charge in [-0.2, -0.15) is 0 Å². The SMILES string of the molecule is [CH]1CCCCCCCCC1C1=CC=CC=CN1. The van der Waals surface area contributed by atoms with Gasteiger partial charge in [0.15, 0.2) is 0 Å². The molecule has 0 aromatic rings. The molecule has 0 spiro atoms. The first-order chi connectivity index (χ1) is 8.47. The van der Waals surface area contributed by atoms with Gasteiger partial charge < -0.3 is 5.32 Å². The molecule has 1 aliphatic heterocycles. The largest absolute Gasteiger partial charge is 0.365 e. The highest BCUT2D eigenvalue weighted by Crippen LogP contribution is 2.25. The van der Waals surface area contributed by atoms with E-state index in [0.29, 0.717) is 5.92 Å². The average molecular weight is 230 g/mol. The van der Waals surface area contributed by atoms with Crippen LogP contribution in [0.3, 0.4) is 0 Å². The molecule has 0 aromatic heterocycles. The van der Waals surface area contributed by atoms with Gasteiger partial charge in [0.2, 0.25) is 0 Å². The highest BCUT2D eigenvalue weighted by molar-refractivity contribution is 5.24. The van der Waals surface area contributed by atoms with Crippen molar-refractivity contribution in [2.75, 3.05) is 0 Å². The van der Waals surface area contributed by atoms with E-state index in [2.05, 4.69) is 36.0 Å². The maximum absolute atomic E-state index is 3.42. The van der Waals surface area contributed by atoms with Crippen LogP contribution in [-0.2, 0) is 0 Å². The first-order valence-electron chi connectivity index (χ1n) is 7.10. The van der Waals surface area contributed by atoms with Crippen molar-refractivity contribution in [1.29, 1.82) is 0 Å². The Hall–Kier alpha value is -0.980. The van der Waals surface area contributed by atoms with Crippen LogP contribution in [0.2, 0.25) is 0 Å². The zero-order chi connectivity index (χ0) is 11.8. The number of allylic oxidation sites excluding steroid dienone is 5. The van der Waals surface area contributed by atoms with Gasteiger partial charge in [-0.25, -0.2) is 0 Å². The van der Waals surface area contributed by atoms with E-state index in [9.17, 15) is 0 Å². The standard InChI is InChI=1S/C16H24N/c1-2-4-7-11-15(12-8-5-3-1)16-13-9-6-10-14-17-16/h6,9-11,13-15,17H,1-5,7-8,12H2. The molecule has 1 aliphatic carbocycles. The molecule has 1 radical (unpaired) electrons. The van der Waals surface area contributed by atoms with Crippen molar-refractivity contribution >= 4 is 0 Å². The van der Waals surface area contributed by atoms with Crippen molar-refractivity contribution < 1.29 is 0 Å². The Morgan fingerprint density at radius 1 is 0.882 bits per heavy atom. The highest BCUT2D eigenvalue weighted by atomic mass is 14.9. The summed E-state index contributed by atoms with van der Waals surface area (Å²) in [5.41, 5.74) is 1.37. The first-order valence-corrected chi connectivity index (χ1v) is 7.10. The molecule has 0 bridgehead atoms. The van der Waals surface area contributed by atoms with Gasteiger partial charge in [-0.15, -0.1) is 0 Å². The lowest BCUT2D eigenvalue weighted by molar-refractivity contribution is 0.487. The van der Waals surface area contributed by atoms with E-state index in [1.807, 2.05) is 6.20 Å². The topological polar surface area (TPSA) is 12.0 Å². The Labute approximate surface area is 106 Å². The van der Waals surface area contributed by atoms with E-state index in [0.717, 1.165) is 0 Å². The van der Waals surface area contributed by atoms with Crippen LogP contribution in [0.25, 0.3) is 0 Å². The van der Waals surface area contributed by atoms with Crippen molar-refractivity contribution in [2.24, 2.45) is 5.92 Å². The lowest BCUT2D eigenvalue weighted by atomic mass is 9.89. The maximum Gasteiger partial charge on any atom is 0.0180 e. The Bertz CT molecular complexity index is 289. The summed E-state index contributed by atoms with van der Waals surface area (Å²) < 4.78 is 0. The second-order valence-corrected chi connectivity index (χ2v) is 5.05. The molecule has 1 fully saturated rings. The molecular weight excluding hydrogens is 206 g/mol. The zero-order valence-corrected chi connectivity index (χ0v) is 10.7. The smallest absolute Gasteiger partial charge is 0.0180 e. The van der Waals surface area contributed by atoms with Crippen LogP contribution in [0, 0.1) is 12.3 Å². The third kappa shape index (κ3) is 4.41. The zero-order valence-electron chi connectivity index (χ0n) is 10.7. The minimum absolute atomic E-state index is 0.625. The molecule has 2 rings (SSSR count). The Balaban J connectivity index is 1.93. The average Bonchev–Trinajstić information content (AvgIpc) is 2.64. The summed E-state index contributed by atoms with van der Waals surface area (Å²) >= 11 is 0. The summed E-state index contributed by atoms with van der Waals surface area (Å²) in [4.78, 5) is 0. The fourth-order valence-corrected chi connectivity index (χ4v) is 2.64. The van der Waals surface area contributed by atoms with Crippen LogP contribution in [0.15, 0.2) is 36.2 Å². The third-order valence-electron chi connectivity index (χ3n) is 3.66. The molecule has 1 atom stereocenters. The van der Waals surface area contributed by atoms with Gasteiger partial charge in [-0.05, 0) is 31.4 Å². The van der Waals surface area contributed by atoms with Crippen molar-refractivity contribution in [3.8, 4) is 0 Å². The van der Waals surface area contributed by atoms with Crippen LogP contribution >= 0.6 is 0 Å². The van der Waals surface area contributed by atoms with Gasteiger partial charge in [0, 0.05) is 17.8 Å². The van der Waals surface area contributed by atoms with Crippen LogP contribution in [0.4, 0.5) is 0 Å². The number of hydrogen-bond acceptors (Lipinski definition) is 1. The van der Waals surface area contributed by atoms with E-state index in [1.165, 1.54) is 57.1 Å². The molecular formula is C16H24N. The molecule has 2 aliphatic rings. The van der Waals surface area contributed by atoms with Crippen LogP contribution in [0.5, 0.6) is 0 Å². The monoisotopic (exact) mass is 230 g/mol. The molecule has 0 amide bonds. The minimum atomic E-state index is 0.625. The maximum atomic E-state index is 3.42. The molecule has 0 aromatic carbocycles. The summed E-state index contributed by atoms with van der Waals surface area (Å²) in [6, 6.07) is 0. The van der Waals surface area contributed by atoms with E-state index in [-0.39, 0.29) is 0 Å². The molecule has 93 valence electrons. The van der Waals surface area contributed by atoms with Gasteiger partial charge in [-0.3, -0.25) is 0 Å². The quantitative estimate of drug-likeness (QED) is 0.699. The molecule has 1 saturated carbocycles. The molecule has 1 unspecified atom stereocenters. The summed E-state index contributed by atoms with van der Waals surface area (Å²) in [5, 5.41) is 3.42. The van der Waals surface area contributed by atoms with Crippen molar-refractivity contribution in [1.82, 2.24) is 5.32 Å². The van der Waals surface area contributed by atoms with Crippen molar-refractivity contribution in [2.45, 2.75) is 51.4 Å². The second-order valence-electron chi connectivity index (χ2n) is 5.05. The van der Waals surface area contributed by atoms with Crippen LogP contribution < -0.4 is 5.32 Å². The van der Waals surface area contributed by atoms with Gasteiger partial charge in [0.1, 0.15) is 0 Å². The Kier molecular flexibility index (Phi) is 5.41. The van der Waals surface area contributed by atoms with Gasteiger partial charge in [-0.1, -0.05) is 50.7 Å². The van der Waals surface area contributed by atoms with Crippen molar-refractivity contribution in [3.05, 3.63) is 42.6 Å². The molecule has 1 heterocycles. The summed E-state index contributed by atoms with van der Waals surface area (Å²) in [6.07, 6.45) is 24.1. The molecule has 0 saturated heterocycles. The van der Waals surface area contributed by atoms with Gasteiger partial charge >= 0.3 is 0 Å². The van der Waals surface area contributed by atoms with Crippen molar-refractivity contribution in [3.63, 3.8) is 0 Å². The minimum Gasteiger partial charge on any atom is -0.365 e. The summed E-state index contributed by atoms with van der Waals surface area (Å²) in [5.74, 6) is 0.625. The number of nitrogens with one attached hydrogen (secondary N) is 1. The second kappa shape index (κ2) is 7.37. The Morgan fingerprint density at radius 2 is 1.71 bits per heavy atom. The third-order valence-corrected chi connectivity index (χ3v) is 3.66. The first kappa shape index (κ1) is 12.5. The fraction of sp³-hybridized carbons (Fsp3) is 0.562.